The first-order valence-electron chi connectivity index (χ1n) is 13.1. The second-order valence-electron chi connectivity index (χ2n) is 10.3. The van der Waals surface area contributed by atoms with E-state index in [1.807, 2.05) is 19.1 Å². The molecular weight excluding hydrogens is 424 g/mol. The topological polar surface area (TPSA) is 68.2 Å². The number of likely N-dealkylation sites (tertiary alicyclic amines) is 2. The van der Waals surface area contributed by atoms with Crippen molar-refractivity contribution in [3.8, 4) is 0 Å². The van der Waals surface area contributed by atoms with Gasteiger partial charge in [0.25, 0.3) is 0 Å². The van der Waals surface area contributed by atoms with E-state index in [1.54, 1.807) is 6.92 Å². The Bertz CT molecular complexity index is 867. The summed E-state index contributed by atoms with van der Waals surface area (Å²) in [5, 5.41) is 13.4. The number of hydrogen-bond acceptors (Lipinski definition) is 5. The predicted molar refractivity (Wildman–Crippen MR) is 140 cm³/mol. The van der Waals surface area contributed by atoms with Crippen molar-refractivity contribution in [1.82, 2.24) is 15.1 Å². The van der Waals surface area contributed by atoms with Crippen LogP contribution < -0.4 is 5.32 Å². The Labute approximate surface area is 206 Å². The second kappa shape index (κ2) is 13.1. The van der Waals surface area contributed by atoms with Crippen molar-refractivity contribution in [3.05, 3.63) is 46.8 Å². The lowest BCUT2D eigenvalue weighted by molar-refractivity contribution is -0.126. The van der Waals surface area contributed by atoms with Gasteiger partial charge in [-0.15, -0.1) is 0 Å². The van der Waals surface area contributed by atoms with Crippen molar-refractivity contribution in [2.75, 3.05) is 45.8 Å². The maximum atomic E-state index is 12.7. The van der Waals surface area contributed by atoms with E-state index in [2.05, 4.69) is 41.1 Å². The standard InChI is InChI=1S/C28H44N4O2/c1-21-9-7-15-31(19-21)16-8-14-29-28(34)25-12-17-32(18-13-25)20-27(24(4)33)30-23(3)26-11-6-5-10-22(26)2/h5-6,10-11,21,25,33H,7-9,12-20H2,1-4H3,(H,29,34)/b27-24-,30-23?. The van der Waals surface area contributed by atoms with Gasteiger partial charge in [0, 0.05) is 31.3 Å². The van der Waals surface area contributed by atoms with Crippen LogP contribution in [-0.4, -0.2) is 72.3 Å². The molecule has 1 unspecified atom stereocenters. The molecule has 6 heteroatoms. The number of aryl methyl sites for hydroxylation is 1. The molecule has 0 spiro atoms. The van der Waals surface area contributed by atoms with Gasteiger partial charge < -0.3 is 15.3 Å². The van der Waals surface area contributed by atoms with E-state index in [4.69, 9.17) is 4.99 Å². The molecule has 6 nitrogen and oxygen atoms in total. The average molecular weight is 469 g/mol. The van der Waals surface area contributed by atoms with E-state index >= 15 is 0 Å². The molecule has 2 heterocycles. The van der Waals surface area contributed by atoms with E-state index in [9.17, 15) is 9.90 Å². The Balaban J connectivity index is 1.41. The largest absolute Gasteiger partial charge is 0.511 e. The number of aliphatic hydroxyl groups is 1. The van der Waals surface area contributed by atoms with Gasteiger partial charge >= 0.3 is 0 Å². The number of rotatable bonds is 9. The minimum absolute atomic E-state index is 0.0890. The first kappa shape index (κ1) is 26.4. The van der Waals surface area contributed by atoms with Gasteiger partial charge in [-0.25, -0.2) is 0 Å². The molecule has 3 rings (SSSR count). The molecule has 2 saturated heterocycles. The average Bonchev–Trinajstić information content (AvgIpc) is 2.82. The Morgan fingerprint density at radius 3 is 2.53 bits per heavy atom. The lowest BCUT2D eigenvalue weighted by atomic mass is 9.95. The number of nitrogens with zero attached hydrogens (tertiary/aromatic N) is 3. The van der Waals surface area contributed by atoms with Gasteiger partial charge in [-0.2, -0.15) is 0 Å². The fraction of sp³-hybridized carbons (Fsp3) is 0.643. The third-order valence-corrected chi connectivity index (χ3v) is 7.28. The molecule has 2 fully saturated rings. The number of carbonyl (C=O) groups excluding carboxylic acids is 1. The third-order valence-electron chi connectivity index (χ3n) is 7.28. The number of hydrogen-bond donors (Lipinski definition) is 2. The van der Waals surface area contributed by atoms with Crippen molar-refractivity contribution in [2.24, 2.45) is 16.8 Å². The molecular formula is C28H44N4O2. The normalized spacial score (nSPS) is 21.9. The molecule has 34 heavy (non-hydrogen) atoms. The molecule has 1 amide bonds. The molecule has 0 aromatic heterocycles. The summed E-state index contributed by atoms with van der Waals surface area (Å²) in [4.78, 5) is 22.3. The van der Waals surface area contributed by atoms with E-state index in [-0.39, 0.29) is 17.6 Å². The number of amides is 1. The van der Waals surface area contributed by atoms with Crippen LogP contribution in [0.15, 0.2) is 40.7 Å². The van der Waals surface area contributed by atoms with Gasteiger partial charge in [0.1, 0.15) is 5.76 Å². The summed E-state index contributed by atoms with van der Waals surface area (Å²) in [5.74, 6) is 1.35. The quantitative estimate of drug-likeness (QED) is 0.317. The van der Waals surface area contributed by atoms with Gasteiger partial charge in [-0.05, 0) is 96.1 Å². The van der Waals surface area contributed by atoms with Gasteiger partial charge in [0.05, 0.1) is 5.70 Å². The van der Waals surface area contributed by atoms with Crippen LogP contribution in [0.4, 0.5) is 0 Å². The summed E-state index contributed by atoms with van der Waals surface area (Å²) in [6, 6.07) is 8.18. The highest BCUT2D eigenvalue weighted by atomic mass is 16.3. The zero-order valence-corrected chi connectivity index (χ0v) is 21.6. The number of nitrogens with one attached hydrogen (secondary N) is 1. The van der Waals surface area contributed by atoms with Crippen molar-refractivity contribution >= 4 is 11.6 Å². The summed E-state index contributed by atoms with van der Waals surface area (Å²) >= 11 is 0. The Hall–Kier alpha value is -2.18. The first-order chi connectivity index (χ1) is 16.3. The van der Waals surface area contributed by atoms with Crippen LogP contribution in [0, 0.1) is 18.8 Å². The van der Waals surface area contributed by atoms with Gasteiger partial charge in [0.15, 0.2) is 0 Å². The highest BCUT2D eigenvalue weighted by molar-refractivity contribution is 6.00. The Morgan fingerprint density at radius 1 is 1.12 bits per heavy atom. The minimum atomic E-state index is 0.0890. The van der Waals surface area contributed by atoms with E-state index < -0.39 is 0 Å². The Morgan fingerprint density at radius 2 is 1.85 bits per heavy atom. The van der Waals surface area contributed by atoms with Crippen LogP contribution in [0.5, 0.6) is 0 Å². The van der Waals surface area contributed by atoms with E-state index in [1.165, 1.54) is 31.5 Å². The molecule has 2 N–H and O–H groups in total. The van der Waals surface area contributed by atoms with Crippen LogP contribution in [0.3, 0.4) is 0 Å². The molecule has 1 aromatic rings. The number of aliphatic hydroxyl groups excluding tert-OH is 1. The lowest BCUT2D eigenvalue weighted by Gasteiger charge is -2.32. The smallest absolute Gasteiger partial charge is 0.223 e. The van der Waals surface area contributed by atoms with Crippen molar-refractivity contribution < 1.29 is 9.90 Å². The minimum Gasteiger partial charge on any atom is -0.511 e. The number of allylic oxidation sites excluding steroid dienone is 1. The van der Waals surface area contributed by atoms with Crippen molar-refractivity contribution in [1.29, 1.82) is 0 Å². The zero-order valence-electron chi connectivity index (χ0n) is 21.6. The molecule has 2 aliphatic rings. The monoisotopic (exact) mass is 468 g/mol. The van der Waals surface area contributed by atoms with E-state index in [0.717, 1.165) is 62.6 Å². The molecule has 188 valence electrons. The molecule has 0 bridgehead atoms. The van der Waals surface area contributed by atoms with Gasteiger partial charge in [-0.3, -0.25) is 14.7 Å². The molecule has 0 radical (unpaired) electrons. The maximum absolute atomic E-state index is 12.7. The summed E-state index contributed by atoms with van der Waals surface area (Å²) in [7, 11) is 0. The predicted octanol–water partition coefficient (Wildman–Crippen LogP) is 4.54. The summed E-state index contributed by atoms with van der Waals surface area (Å²) < 4.78 is 0. The highest BCUT2D eigenvalue weighted by Gasteiger charge is 2.25. The van der Waals surface area contributed by atoms with Gasteiger partial charge in [-0.1, -0.05) is 31.2 Å². The van der Waals surface area contributed by atoms with Crippen molar-refractivity contribution in [3.63, 3.8) is 0 Å². The van der Waals surface area contributed by atoms with Gasteiger partial charge in [0.2, 0.25) is 5.91 Å². The summed E-state index contributed by atoms with van der Waals surface area (Å²) in [6.07, 6.45) is 5.39. The molecule has 1 atom stereocenters. The molecule has 0 saturated carbocycles. The highest BCUT2D eigenvalue weighted by Crippen LogP contribution is 2.20. The lowest BCUT2D eigenvalue weighted by Crippen LogP contribution is -2.42. The first-order valence-corrected chi connectivity index (χ1v) is 13.1. The summed E-state index contributed by atoms with van der Waals surface area (Å²) in [6.45, 7) is 14.7. The number of aliphatic imine (C=N–C) groups is 1. The van der Waals surface area contributed by atoms with E-state index in [0.29, 0.717) is 12.2 Å². The Kier molecular flexibility index (Phi) is 10.1. The molecule has 0 aliphatic carbocycles. The fourth-order valence-corrected chi connectivity index (χ4v) is 5.19. The van der Waals surface area contributed by atoms with Crippen LogP contribution in [0.1, 0.15) is 64.0 Å². The molecule has 2 aliphatic heterocycles. The second-order valence-corrected chi connectivity index (χ2v) is 10.3. The SMILES string of the molecule is CC(=N/C(CN1CCC(C(=O)NCCCN2CCCC(C)C2)CC1)=C(/C)O)c1ccccc1C. The third kappa shape index (κ3) is 7.95. The zero-order chi connectivity index (χ0) is 24.5. The number of piperidine rings is 2. The number of carbonyl (C=O) groups is 1. The van der Waals surface area contributed by atoms with Crippen LogP contribution in [0.25, 0.3) is 0 Å². The van der Waals surface area contributed by atoms with Crippen LogP contribution >= 0.6 is 0 Å². The number of benzene rings is 1. The van der Waals surface area contributed by atoms with Crippen LogP contribution in [0.2, 0.25) is 0 Å². The molecule has 1 aromatic carbocycles. The van der Waals surface area contributed by atoms with Crippen molar-refractivity contribution in [2.45, 2.75) is 59.8 Å². The maximum Gasteiger partial charge on any atom is 0.223 e. The van der Waals surface area contributed by atoms with Crippen LogP contribution in [-0.2, 0) is 4.79 Å². The summed E-state index contributed by atoms with van der Waals surface area (Å²) in [5.41, 5.74) is 3.90. The fourth-order valence-electron chi connectivity index (χ4n) is 5.19.